The molecule has 1 aliphatic rings. The Hall–Kier alpha value is -0.570. The van der Waals surface area contributed by atoms with Crippen molar-refractivity contribution in [3.8, 4) is 0 Å². The van der Waals surface area contributed by atoms with Gasteiger partial charge in [-0.1, -0.05) is 28.9 Å². The molecule has 1 saturated heterocycles. The minimum absolute atomic E-state index is 0.605. The lowest BCUT2D eigenvalue weighted by Crippen LogP contribution is -2.40. The van der Waals surface area contributed by atoms with E-state index >= 15 is 0 Å². The van der Waals surface area contributed by atoms with Crippen molar-refractivity contribution in [2.75, 3.05) is 18.0 Å². The highest BCUT2D eigenvalue weighted by atomic mass is 79.9. The molecular weight excluding hydrogens is 240 g/mol. The summed E-state index contributed by atoms with van der Waals surface area (Å²) in [6.07, 6.45) is 3.13. The molecule has 0 aromatic carbocycles. The lowest BCUT2D eigenvalue weighted by Gasteiger charge is -2.34. The summed E-state index contributed by atoms with van der Waals surface area (Å²) in [5.74, 6) is 1.85. The van der Waals surface area contributed by atoms with Crippen molar-refractivity contribution in [1.82, 2.24) is 4.98 Å². The Bertz CT molecular complexity index is 279. The van der Waals surface area contributed by atoms with Gasteiger partial charge in [-0.15, -0.1) is 0 Å². The number of aromatic nitrogens is 1. The number of nitrogens with zero attached hydrogens (tertiary/aromatic N) is 2. The summed E-state index contributed by atoms with van der Waals surface area (Å²) in [6.45, 7) is 4.49. The first-order chi connectivity index (χ1) is 6.75. The van der Waals surface area contributed by atoms with Gasteiger partial charge >= 0.3 is 0 Å². The number of anilines is 1. The van der Waals surface area contributed by atoms with Crippen LogP contribution in [0, 0.1) is 5.92 Å². The van der Waals surface area contributed by atoms with Gasteiger partial charge in [0, 0.05) is 24.1 Å². The van der Waals surface area contributed by atoms with Crippen LogP contribution in [0.4, 0.5) is 5.82 Å². The van der Waals surface area contributed by atoms with Crippen LogP contribution < -0.4 is 4.90 Å². The fourth-order valence-corrected chi connectivity index (χ4v) is 2.99. The van der Waals surface area contributed by atoms with E-state index in [0.29, 0.717) is 4.83 Å². The smallest absolute Gasteiger partial charge is 0.128 e. The van der Waals surface area contributed by atoms with Crippen molar-refractivity contribution in [1.29, 1.82) is 0 Å². The van der Waals surface area contributed by atoms with E-state index in [0.717, 1.165) is 24.8 Å². The molecule has 0 radical (unpaired) electrons. The number of pyridine rings is 1. The summed E-state index contributed by atoms with van der Waals surface area (Å²) in [6, 6.07) is 6.09. The van der Waals surface area contributed by atoms with Gasteiger partial charge in [-0.05, 0) is 24.5 Å². The minimum Gasteiger partial charge on any atom is -0.355 e. The molecule has 1 fully saturated rings. The molecule has 0 aliphatic carbocycles. The Kier molecular flexibility index (Phi) is 3.06. The number of alkyl halides is 1. The summed E-state index contributed by atoms with van der Waals surface area (Å²) >= 11 is 3.70. The maximum absolute atomic E-state index is 4.38. The lowest BCUT2D eigenvalue weighted by molar-refractivity contribution is 0.457. The third-order valence-corrected chi connectivity index (χ3v) is 3.25. The van der Waals surface area contributed by atoms with Gasteiger partial charge < -0.3 is 4.90 Å². The highest BCUT2D eigenvalue weighted by molar-refractivity contribution is 9.09. The van der Waals surface area contributed by atoms with Crippen molar-refractivity contribution in [2.45, 2.75) is 18.2 Å². The first-order valence-electron chi connectivity index (χ1n) is 5.06. The Morgan fingerprint density at radius 3 is 2.93 bits per heavy atom. The molecule has 0 bridgehead atoms. The maximum atomic E-state index is 4.38. The normalized spacial score (nSPS) is 27.7. The molecular formula is C11H15BrN2. The fourth-order valence-electron chi connectivity index (χ4n) is 2.00. The zero-order chi connectivity index (χ0) is 9.97. The Morgan fingerprint density at radius 2 is 2.29 bits per heavy atom. The van der Waals surface area contributed by atoms with Crippen LogP contribution in [-0.2, 0) is 0 Å². The molecule has 2 atom stereocenters. The fraction of sp³-hybridized carbons (Fsp3) is 0.545. The number of hydrogen-bond acceptors (Lipinski definition) is 2. The van der Waals surface area contributed by atoms with Crippen LogP contribution in [0.25, 0.3) is 0 Å². The van der Waals surface area contributed by atoms with Crippen molar-refractivity contribution < 1.29 is 0 Å². The minimum atomic E-state index is 0.605. The standard InChI is InChI=1S/C11H15BrN2/c1-9-6-10(12)8-14(7-9)11-4-2-3-5-13-11/h2-5,9-10H,6-8H2,1H3. The van der Waals surface area contributed by atoms with Gasteiger partial charge in [0.25, 0.3) is 0 Å². The van der Waals surface area contributed by atoms with E-state index in [-0.39, 0.29) is 0 Å². The summed E-state index contributed by atoms with van der Waals surface area (Å²) in [5, 5.41) is 0. The number of hydrogen-bond donors (Lipinski definition) is 0. The highest BCUT2D eigenvalue weighted by Gasteiger charge is 2.23. The average Bonchev–Trinajstić information content (AvgIpc) is 2.18. The van der Waals surface area contributed by atoms with Gasteiger partial charge in [-0.25, -0.2) is 4.98 Å². The average molecular weight is 255 g/mol. The van der Waals surface area contributed by atoms with Crippen LogP contribution in [-0.4, -0.2) is 22.9 Å². The first kappa shape index (κ1) is 9.97. The van der Waals surface area contributed by atoms with Crippen molar-refractivity contribution in [3.05, 3.63) is 24.4 Å². The van der Waals surface area contributed by atoms with Crippen LogP contribution in [0.1, 0.15) is 13.3 Å². The third-order valence-electron chi connectivity index (χ3n) is 2.58. The number of piperidine rings is 1. The molecule has 2 rings (SSSR count). The second-order valence-electron chi connectivity index (χ2n) is 4.03. The van der Waals surface area contributed by atoms with Crippen LogP contribution in [0.15, 0.2) is 24.4 Å². The second-order valence-corrected chi connectivity index (χ2v) is 5.33. The van der Waals surface area contributed by atoms with Gasteiger partial charge in [-0.3, -0.25) is 0 Å². The molecule has 2 heterocycles. The zero-order valence-corrected chi connectivity index (χ0v) is 9.94. The van der Waals surface area contributed by atoms with E-state index in [9.17, 15) is 0 Å². The van der Waals surface area contributed by atoms with Gasteiger partial charge in [-0.2, -0.15) is 0 Å². The summed E-state index contributed by atoms with van der Waals surface area (Å²) in [5.41, 5.74) is 0. The van der Waals surface area contributed by atoms with E-state index in [4.69, 9.17) is 0 Å². The quantitative estimate of drug-likeness (QED) is 0.717. The van der Waals surface area contributed by atoms with Gasteiger partial charge in [0.05, 0.1) is 0 Å². The van der Waals surface area contributed by atoms with E-state index in [1.165, 1.54) is 6.42 Å². The van der Waals surface area contributed by atoms with Crippen molar-refractivity contribution in [2.24, 2.45) is 5.92 Å². The molecule has 0 saturated carbocycles. The molecule has 0 N–H and O–H groups in total. The van der Waals surface area contributed by atoms with E-state index in [1.807, 2.05) is 18.3 Å². The van der Waals surface area contributed by atoms with E-state index in [1.54, 1.807) is 0 Å². The van der Waals surface area contributed by atoms with E-state index < -0.39 is 0 Å². The maximum Gasteiger partial charge on any atom is 0.128 e. The molecule has 76 valence electrons. The van der Waals surface area contributed by atoms with Crippen LogP contribution in [0.3, 0.4) is 0 Å². The summed E-state index contributed by atoms with van der Waals surface area (Å²) < 4.78 is 0. The van der Waals surface area contributed by atoms with Crippen molar-refractivity contribution in [3.63, 3.8) is 0 Å². The number of halogens is 1. The van der Waals surface area contributed by atoms with Crippen LogP contribution in [0.5, 0.6) is 0 Å². The topological polar surface area (TPSA) is 16.1 Å². The molecule has 14 heavy (non-hydrogen) atoms. The largest absolute Gasteiger partial charge is 0.355 e. The lowest BCUT2D eigenvalue weighted by atomic mass is 10.0. The molecule has 0 amide bonds. The third kappa shape index (κ3) is 2.27. The molecule has 3 heteroatoms. The molecule has 2 unspecified atom stereocenters. The SMILES string of the molecule is CC1CC(Br)CN(c2ccccn2)C1. The molecule has 0 spiro atoms. The predicted octanol–water partition coefficient (Wildman–Crippen LogP) is 2.69. The number of rotatable bonds is 1. The van der Waals surface area contributed by atoms with Crippen molar-refractivity contribution >= 4 is 21.7 Å². The zero-order valence-electron chi connectivity index (χ0n) is 8.36. The van der Waals surface area contributed by atoms with Gasteiger partial charge in [0.15, 0.2) is 0 Å². The molecule has 1 aromatic heterocycles. The summed E-state index contributed by atoms with van der Waals surface area (Å²) in [7, 11) is 0. The molecule has 1 aromatic rings. The molecule has 1 aliphatic heterocycles. The Labute approximate surface area is 93.5 Å². The van der Waals surface area contributed by atoms with Crippen LogP contribution >= 0.6 is 15.9 Å². The monoisotopic (exact) mass is 254 g/mol. The first-order valence-corrected chi connectivity index (χ1v) is 5.97. The van der Waals surface area contributed by atoms with Gasteiger partial charge in [0.2, 0.25) is 0 Å². The van der Waals surface area contributed by atoms with Gasteiger partial charge in [0.1, 0.15) is 5.82 Å². The Balaban J connectivity index is 2.11. The van der Waals surface area contributed by atoms with Crippen LogP contribution in [0.2, 0.25) is 0 Å². The second kappa shape index (κ2) is 4.30. The summed E-state index contributed by atoms with van der Waals surface area (Å²) in [4.78, 5) is 7.34. The molecule has 2 nitrogen and oxygen atoms in total. The van der Waals surface area contributed by atoms with E-state index in [2.05, 4.69) is 38.8 Å². The Morgan fingerprint density at radius 1 is 1.43 bits per heavy atom. The highest BCUT2D eigenvalue weighted by Crippen LogP contribution is 2.24. The predicted molar refractivity (Wildman–Crippen MR) is 62.9 cm³/mol.